The summed E-state index contributed by atoms with van der Waals surface area (Å²) in [5, 5.41) is 5.32. The van der Waals surface area contributed by atoms with Crippen LogP contribution in [0.4, 0.5) is 11.6 Å². The first kappa shape index (κ1) is 21.6. The number of anilines is 2. The van der Waals surface area contributed by atoms with E-state index in [1.165, 1.54) is 13.4 Å². The summed E-state index contributed by atoms with van der Waals surface area (Å²) in [6, 6.07) is 12.2. The molecule has 4 aromatic rings. The van der Waals surface area contributed by atoms with Crippen molar-refractivity contribution >= 4 is 40.5 Å². The average Bonchev–Trinajstić information content (AvgIpc) is 3.45. The van der Waals surface area contributed by atoms with Crippen molar-refractivity contribution < 1.29 is 23.9 Å². The van der Waals surface area contributed by atoms with Gasteiger partial charge in [0.15, 0.2) is 12.3 Å². The van der Waals surface area contributed by atoms with Gasteiger partial charge in [-0.25, -0.2) is 14.8 Å². The van der Waals surface area contributed by atoms with E-state index in [1.807, 2.05) is 19.1 Å². The Morgan fingerprint density at radius 3 is 2.58 bits per heavy atom. The highest BCUT2D eigenvalue weighted by Crippen LogP contribution is 2.21. The van der Waals surface area contributed by atoms with Crippen LogP contribution in [-0.4, -0.2) is 51.4 Å². The van der Waals surface area contributed by atoms with Gasteiger partial charge in [0.25, 0.3) is 11.8 Å². The van der Waals surface area contributed by atoms with Crippen LogP contribution in [-0.2, 0) is 9.53 Å². The third kappa shape index (κ3) is 4.98. The highest BCUT2D eigenvalue weighted by molar-refractivity contribution is 6.13. The molecule has 2 aromatic heterocycles. The number of nitrogens with one attached hydrogen (secondary N) is 4. The van der Waals surface area contributed by atoms with E-state index in [-0.39, 0.29) is 23.9 Å². The van der Waals surface area contributed by atoms with E-state index in [1.54, 1.807) is 30.3 Å². The van der Waals surface area contributed by atoms with Crippen molar-refractivity contribution in [3.05, 3.63) is 65.7 Å². The molecule has 2 heterocycles. The summed E-state index contributed by atoms with van der Waals surface area (Å²) in [4.78, 5) is 50.5. The lowest BCUT2D eigenvalue weighted by molar-refractivity contribution is -0.142. The van der Waals surface area contributed by atoms with E-state index < -0.39 is 17.8 Å². The maximum Gasteiger partial charge on any atom is 0.343 e. The second-order valence-electron chi connectivity index (χ2n) is 7.03. The predicted molar refractivity (Wildman–Crippen MR) is 119 cm³/mol. The van der Waals surface area contributed by atoms with Gasteiger partial charge >= 0.3 is 5.97 Å². The SMILES string of the molecule is COC(=O)COc1ccc2nc(NC(=O)c3[nH]cnc3C(=O)Nc3ccc(C)cc3)[nH]c2c1. The van der Waals surface area contributed by atoms with E-state index in [2.05, 4.69) is 35.3 Å². The third-order valence-corrected chi connectivity index (χ3v) is 4.66. The monoisotopic (exact) mass is 448 g/mol. The minimum atomic E-state index is -0.595. The number of esters is 1. The molecular weight excluding hydrogens is 428 g/mol. The van der Waals surface area contributed by atoms with Crippen molar-refractivity contribution in [2.24, 2.45) is 0 Å². The summed E-state index contributed by atoms with van der Waals surface area (Å²) < 4.78 is 9.88. The van der Waals surface area contributed by atoms with Gasteiger partial charge in [0.1, 0.15) is 11.4 Å². The van der Waals surface area contributed by atoms with Gasteiger partial charge in [0.2, 0.25) is 5.95 Å². The molecule has 168 valence electrons. The number of aromatic nitrogens is 4. The number of nitrogens with zero attached hydrogens (tertiary/aromatic N) is 2. The molecule has 4 N–H and O–H groups in total. The molecule has 2 aromatic carbocycles. The van der Waals surface area contributed by atoms with Gasteiger partial charge in [-0.05, 0) is 31.2 Å². The van der Waals surface area contributed by atoms with Gasteiger partial charge in [-0.2, -0.15) is 0 Å². The van der Waals surface area contributed by atoms with E-state index in [0.29, 0.717) is 22.5 Å². The van der Waals surface area contributed by atoms with Crippen molar-refractivity contribution in [2.75, 3.05) is 24.4 Å². The fourth-order valence-corrected chi connectivity index (χ4v) is 2.98. The Morgan fingerprint density at radius 2 is 1.82 bits per heavy atom. The van der Waals surface area contributed by atoms with Crippen molar-refractivity contribution in [3.8, 4) is 5.75 Å². The minimum Gasteiger partial charge on any atom is -0.482 e. The normalized spacial score (nSPS) is 10.6. The number of benzene rings is 2. The molecule has 0 unspecified atom stereocenters. The fourth-order valence-electron chi connectivity index (χ4n) is 2.98. The number of aryl methyl sites for hydroxylation is 1. The zero-order valence-corrected chi connectivity index (χ0v) is 17.8. The van der Waals surface area contributed by atoms with E-state index in [0.717, 1.165) is 5.56 Å². The number of methoxy groups -OCH3 is 1. The molecule has 4 rings (SSSR count). The molecule has 0 bridgehead atoms. The number of carbonyl (C=O) groups is 3. The quantitative estimate of drug-likeness (QED) is 0.317. The minimum absolute atomic E-state index is 0.0119. The molecule has 11 nitrogen and oxygen atoms in total. The summed E-state index contributed by atoms with van der Waals surface area (Å²) >= 11 is 0. The van der Waals surface area contributed by atoms with E-state index >= 15 is 0 Å². The molecule has 0 spiro atoms. The number of rotatable bonds is 7. The fraction of sp³-hybridized carbons (Fsp3) is 0.136. The Balaban J connectivity index is 1.46. The molecular formula is C22H20N6O5. The number of hydrogen-bond acceptors (Lipinski definition) is 7. The molecule has 0 aliphatic carbocycles. The van der Waals surface area contributed by atoms with Crippen molar-refractivity contribution in [1.82, 2.24) is 19.9 Å². The Bertz CT molecular complexity index is 1320. The second kappa shape index (κ2) is 9.22. The van der Waals surface area contributed by atoms with E-state index in [9.17, 15) is 14.4 Å². The van der Waals surface area contributed by atoms with Gasteiger partial charge in [0, 0.05) is 11.8 Å². The Labute approximate surface area is 187 Å². The smallest absolute Gasteiger partial charge is 0.343 e. The Kier molecular flexibility index (Phi) is 6.02. The van der Waals surface area contributed by atoms with Crippen LogP contribution in [0.15, 0.2) is 48.8 Å². The largest absolute Gasteiger partial charge is 0.482 e. The predicted octanol–water partition coefficient (Wildman–Crippen LogP) is 2.65. The molecule has 0 aliphatic rings. The highest BCUT2D eigenvalue weighted by atomic mass is 16.6. The maximum atomic E-state index is 12.8. The van der Waals surface area contributed by atoms with Crippen LogP contribution >= 0.6 is 0 Å². The average molecular weight is 448 g/mol. The lowest BCUT2D eigenvalue weighted by Gasteiger charge is -2.06. The standard InChI is InChI=1S/C22H20N6O5/c1-12-3-5-13(6-4-12)25-20(30)18-19(24-11-23-18)21(31)28-22-26-15-8-7-14(9-16(15)27-22)33-10-17(29)32-2/h3-9,11H,10H2,1-2H3,(H,23,24)(H,25,30)(H2,26,27,28,31). The number of amides is 2. The van der Waals surface area contributed by atoms with Gasteiger partial charge in [-0.15, -0.1) is 0 Å². The molecule has 0 aliphatic heterocycles. The number of carbonyl (C=O) groups excluding carboxylic acids is 3. The summed E-state index contributed by atoms with van der Waals surface area (Å²) in [6.07, 6.45) is 1.27. The first-order chi connectivity index (χ1) is 15.9. The summed E-state index contributed by atoms with van der Waals surface area (Å²) in [7, 11) is 1.27. The second-order valence-corrected chi connectivity index (χ2v) is 7.03. The summed E-state index contributed by atoms with van der Waals surface area (Å²) in [5.41, 5.74) is 2.72. The van der Waals surface area contributed by atoms with Crippen LogP contribution < -0.4 is 15.4 Å². The zero-order chi connectivity index (χ0) is 23.4. The lowest BCUT2D eigenvalue weighted by Crippen LogP contribution is -2.20. The topological polar surface area (TPSA) is 151 Å². The van der Waals surface area contributed by atoms with Crippen LogP contribution in [0.1, 0.15) is 26.5 Å². The first-order valence-electron chi connectivity index (χ1n) is 9.85. The van der Waals surface area contributed by atoms with Crippen molar-refractivity contribution in [2.45, 2.75) is 6.92 Å². The number of H-pyrrole nitrogens is 2. The highest BCUT2D eigenvalue weighted by Gasteiger charge is 2.21. The third-order valence-electron chi connectivity index (χ3n) is 4.66. The van der Waals surface area contributed by atoms with Crippen molar-refractivity contribution in [1.29, 1.82) is 0 Å². The molecule has 0 saturated carbocycles. The summed E-state index contributed by atoms with van der Waals surface area (Å²) in [5.74, 6) is -1.03. The maximum absolute atomic E-state index is 12.8. The summed E-state index contributed by atoms with van der Waals surface area (Å²) in [6.45, 7) is 1.71. The number of hydrogen-bond donors (Lipinski definition) is 4. The Hall–Kier alpha value is -4.67. The van der Waals surface area contributed by atoms with Crippen LogP contribution in [0.5, 0.6) is 5.75 Å². The molecule has 0 saturated heterocycles. The van der Waals surface area contributed by atoms with Crippen LogP contribution in [0, 0.1) is 6.92 Å². The number of ether oxygens (including phenoxy) is 2. The Morgan fingerprint density at radius 1 is 1.03 bits per heavy atom. The van der Waals surface area contributed by atoms with Gasteiger partial charge in [0.05, 0.1) is 24.5 Å². The molecule has 0 fully saturated rings. The molecule has 2 amide bonds. The first-order valence-corrected chi connectivity index (χ1v) is 9.85. The molecule has 0 radical (unpaired) electrons. The van der Waals surface area contributed by atoms with Gasteiger partial charge in [-0.1, -0.05) is 17.7 Å². The zero-order valence-electron chi connectivity index (χ0n) is 17.8. The van der Waals surface area contributed by atoms with Gasteiger partial charge < -0.3 is 24.8 Å². The lowest BCUT2D eigenvalue weighted by atomic mass is 10.2. The van der Waals surface area contributed by atoms with Gasteiger partial charge in [-0.3, -0.25) is 14.9 Å². The number of imidazole rings is 2. The number of aromatic amines is 2. The van der Waals surface area contributed by atoms with E-state index in [4.69, 9.17) is 4.74 Å². The van der Waals surface area contributed by atoms with Crippen LogP contribution in [0.2, 0.25) is 0 Å². The molecule has 0 atom stereocenters. The van der Waals surface area contributed by atoms with Crippen LogP contribution in [0.25, 0.3) is 11.0 Å². The molecule has 33 heavy (non-hydrogen) atoms. The van der Waals surface area contributed by atoms with Crippen LogP contribution in [0.3, 0.4) is 0 Å². The molecule has 11 heteroatoms. The van der Waals surface area contributed by atoms with Crippen molar-refractivity contribution in [3.63, 3.8) is 0 Å². The number of fused-ring (bicyclic) bond motifs is 1.